The van der Waals surface area contributed by atoms with E-state index in [1.54, 1.807) is 19.1 Å². The molecule has 1 N–H and O–H groups in total. The number of thioether (sulfide) groups is 1. The molecule has 0 bridgehead atoms. The zero-order chi connectivity index (χ0) is 11.4. The van der Waals surface area contributed by atoms with E-state index in [1.807, 2.05) is 0 Å². The van der Waals surface area contributed by atoms with Gasteiger partial charge in [-0.2, -0.15) is 0 Å². The van der Waals surface area contributed by atoms with Crippen LogP contribution in [0.5, 0.6) is 0 Å². The van der Waals surface area contributed by atoms with Crippen LogP contribution in [-0.2, 0) is 0 Å². The van der Waals surface area contributed by atoms with Crippen LogP contribution in [-0.4, -0.2) is 10.9 Å². The summed E-state index contributed by atoms with van der Waals surface area (Å²) < 4.78 is 13.5. The predicted molar refractivity (Wildman–Crippen MR) is 62.6 cm³/mol. The van der Waals surface area contributed by atoms with Gasteiger partial charge in [-0.25, -0.2) is 4.39 Å². The third-order valence-corrected chi connectivity index (χ3v) is 3.49. The maximum Gasteiger partial charge on any atom is 0.137 e. The van der Waals surface area contributed by atoms with Crippen molar-refractivity contribution in [3.63, 3.8) is 0 Å². The van der Waals surface area contributed by atoms with Gasteiger partial charge in [0.2, 0.25) is 0 Å². The molecule has 84 valence electrons. The molecule has 0 saturated heterocycles. The van der Waals surface area contributed by atoms with Crippen molar-refractivity contribution in [2.75, 3.05) is 5.75 Å². The zero-order valence-electron chi connectivity index (χ0n) is 9.33. The second-order valence-electron chi connectivity index (χ2n) is 4.07. The largest absolute Gasteiger partial charge is 0.389 e. The molecule has 0 unspecified atom stereocenters. The van der Waals surface area contributed by atoms with E-state index in [4.69, 9.17) is 0 Å². The summed E-state index contributed by atoms with van der Waals surface area (Å²) in [6, 6.07) is 4.92. The Hall–Kier alpha value is -0.540. The molecule has 1 rings (SSSR count). The average Bonchev–Trinajstić information content (AvgIpc) is 2.15. The molecule has 0 heterocycles. The summed E-state index contributed by atoms with van der Waals surface area (Å²) >= 11 is 1.52. The van der Waals surface area contributed by atoms with E-state index < -0.39 is 6.10 Å². The summed E-state index contributed by atoms with van der Waals surface area (Å²) in [5.74, 6) is 1.22. The minimum absolute atomic E-state index is 0.237. The first-order valence-corrected chi connectivity index (χ1v) is 6.09. The Balaban J connectivity index is 2.75. The second-order valence-corrected chi connectivity index (χ2v) is 5.13. The summed E-state index contributed by atoms with van der Waals surface area (Å²) in [6.45, 7) is 5.85. The van der Waals surface area contributed by atoms with E-state index in [2.05, 4.69) is 13.8 Å². The molecule has 1 atom stereocenters. The van der Waals surface area contributed by atoms with Crippen molar-refractivity contribution in [3.05, 3.63) is 29.6 Å². The summed E-state index contributed by atoms with van der Waals surface area (Å²) in [6.07, 6.45) is -0.608. The normalized spacial score (nSPS) is 13.2. The minimum atomic E-state index is -0.608. The van der Waals surface area contributed by atoms with Crippen LogP contribution in [0.15, 0.2) is 23.1 Å². The van der Waals surface area contributed by atoms with E-state index in [1.165, 1.54) is 17.8 Å². The van der Waals surface area contributed by atoms with E-state index in [-0.39, 0.29) is 5.82 Å². The van der Waals surface area contributed by atoms with Gasteiger partial charge < -0.3 is 5.11 Å². The summed E-state index contributed by atoms with van der Waals surface area (Å²) in [5.41, 5.74) is 0.626. The van der Waals surface area contributed by atoms with Crippen LogP contribution >= 0.6 is 11.8 Å². The van der Waals surface area contributed by atoms with Crippen LogP contribution in [0.2, 0.25) is 0 Å². The van der Waals surface area contributed by atoms with Gasteiger partial charge in [0.05, 0.1) is 6.10 Å². The fourth-order valence-corrected chi connectivity index (χ4v) is 2.02. The lowest BCUT2D eigenvalue weighted by Crippen LogP contribution is -1.95. The number of rotatable bonds is 4. The molecule has 0 radical (unpaired) electrons. The number of hydrogen-bond donors (Lipinski definition) is 1. The highest BCUT2D eigenvalue weighted by Crippen LogP contribution is 2.26. The van der Waals surface area contributed by atoms with E-state index in [9.17, 15) is 9.50 Å². The molecular formula is C12H17FOS. The molecule has 0 aliphatic heterocycles. The van der Waals surface area contributed by atoms with Crippen molar-refractivity contribution < 1.29 is 9.50 Å². The molecular weight excluding hydrogens is 211 g/mol. The molecule has 0 spiro atoms. The smallest absolute Gasteiger partial charge is 0.137 e. The Kier molecular flexibility index (Phi) is 4.61. The SMILES string of the molecule is CC(C)CSc1ccc([C@@H](C)O)cc1F. The Morgan fingerprint density at radius 1 is 1.33 bits per heavy atom. The highest BCUT2D eigenvalue weighted by molar-refractivity contribution is 7.99. The third-order valence-electron chi connectivity index (χ3n) is 2.01. The molecule has 1 aromatic rings. The Labute approximate surface area is 94.7 Å². The van der Waals surface area contributed by atoms with Gasteiger partial charge in [0.1, 0.15) is 5.82 Å². The lowest BCUT2D eigenvalue weighted by atomic mass is 10.1. The van der Waals surface area contributed by atoms with Crippen molar-refractivity contribution in [2.24, 2.45) is 5.92 Å². The van der Waals surface area contributed by atoms with Gasteiger partial charge in [0.25, 0.3) is 0 Å². The monoisotopic (exact) mass is 228 g/mol. The highest BCUT2D eigenvalue weighted by atomic mass is 32.2. The van der Waals surface area contributed by atoms with Crippen LogP contribution in [0.3, 0.4) is 0 Å². The maximum atomic E-state index is 13.5. The highest BCUT2D eigenvalue weighted by Gasteiger charge is 2.07. The Bertz CT molecular complexity index is 323. The van der Waals surface area contributed by atoms with Gasteiger partial charge in [-0.3, -0.25) is 0 Å². The molecule has 0 fully saturated rings. The van der Waals surface area contributed by atoms with Crippen LogP contribution in [0.4, 0.5) is 4.39 Å². The zero-order valence-corrected chi connectivity index (χ0v) is 10.1. The van der Waals surface area contributed by atoms with Gasteiger partial charge in [-0.15, -0.1) is 11.8 Å². The number of halogens is 1. The van der Waals surface area contributed by atoms with Gasteiger partial charge in [-0.1, -0.05) is 19.9 Å². The fraction of sp³-hybridized carbons (Fsp3) is 0.500. The van der Waals surface area contributed by atoms with Crippen molar-refractivity contribution in [1.82, 2.24) is 0 Å². The van der Waals surface area contributed by atoms with E-state index in [0.717, 1.165) is 5.75 Å². The number of aliphatic hydroxyl groups excluding tert-OH is 1. The fourth-order valence-electron chi connectivity index (χ4n) is 1.15. The van der Waals surface area contributed by atoms with Crippen molar-refractivity contribution in [2.45, 2.75) is 31.8 Å². The summed E-state index contributed by atoms with van der Waals surface area (Å²) in [7, 11) is 0. The van der Waals surface area contributed by atoms with Gasteiger partial charge in [-0.05, 0) is 30.5 Å². The first kappa shape index (κ1) is 12.5. The first-order valence-electron chi connectivity index (χ1n) is 5.11. The lowest BCUT2D eigenvalue weighted by molar-refractivity contribution is 0.198. The van der Waals surface area contributed by atoms with Crippen LogP contribution in [0.25, 0.3) is 0 Å². The van der Waals surface area contributed by atoms with Crippen LogP contribution < -0.4 is 0 Å². The van der Waals surface area contributed by atoms with Crippen LogP contribution in [0, 0.1) is 11.7 Å². The third kappa shape index (κ3) is 3.84. The summed E-state index contributed by atoms with van der Waals surface area (Å²) in [4.78, 5) is 0.660. The van der Waals surface area contributed by atoms with Crippen molar-refractivity contribution >= 4 is 11.8 Å². The van der Waals surface area contributed by atoms with Crippen LogP contribution in [0.1, 0.15) is 32.4 Å². The quantitative estimate of drug-likeness (QED) is 0.794. The maximum absolute atomic E-state index is 13.5. The Morgan fingerprint density at radius 3 is 2.47 bits per heavy atom. The molecule has 1 nitrogen and oxygen atoms in total. The molecule has 0 saturated carbocycles. The lowest BCUT2D eigenvalue weighted by Gasteiger charge is -2.09. The van der Waals surface area contributed by atoms with Crippen molar-refractivity contribution in [3.8, 4) is 0 Å². The first-order chi connectivity index (χ1) is 7.00. The number of benzene rings is 1. The van der Waals surface area contributed by atoms with E-state index >= 15 is 0 Å². The molecule has 3 heteroatoms. The van der Waals surface area contributed by atoms with Crippen molar-refractivity contribution in [1.29, 1.82) is 0 Å². The molecule has 1 aromatic carbocycles. The summed E-state index contributed by atoms with van der Waals surface area (Å²) in [5, 5.41) is 9.28. The second kappa shape index (κ2) is 5.52. The minimum Gasteiger partial charge on any atom is -0.389 e. The van der Waals surface area contributed by atoms with Gasteiger partial charge in [0.15, 0.2) is 0 Å². The predicted octanol–water partition coefficient (Wildman–Crippen LogP) is 3.63. The molecule has 0 aliphatic carbocycles. The number of hydrogen-bond acceptors (Lipinski definition) is 2. The van der Waals surface area contributed by atoms with E-state index in [0.29, 0.717) is 16.4 Å². The Morgan fingerprint density at radius 2 is 2.00 bits per heavy atom. The van der Waals surface area contributed by atoms with Gasteiger partial charge in [0, 0.05) is 10.6 Å². The molecule has 0 aliphatic rings. The van der Waals surface area contributed by atoms with Gasteiger partial charge >= 0.3 is 0 Å². The topological polar surface area (TPSA) is 20.2 Å². The molecule has 15 heavy (non-hydrogen) atoms. The number of aliphatic hydroxyl groups is 1. The molecule has 0 aromatic heterocycles. The standard InChI is InChI=1S/C12H17FOS/c1-8(2)7-15-12-5-4-10(9(3)14)6-11(12)13/h4-6,8-9,14H,7H2,1-3H3/t9-/m1/s1. The average molecular weight is 228 g/mol. The molecule has 0 amide bonds.